The van der Waals surface area contributed by atoms with Gasteiger partial charge in [-0.3, -0.25) is 9.69 Å². The molecule has 192 valence electrons. The first-order valence-electron chi connectivity index (χ1n) is 12.9. The number of hydrogen-bond acceptors (Lipinski definition) is 6. The van der Waals surface area contributed by atoms with Crippen LogP contribution in [0, 0.1) is 22.7 Å². The maximum Gasteiger partial charge on any atom is 0.244 e. The van der Waals surface area contributed by atoms with Crippen molar-refractivity contribution in [2.24, 2.45) is 0 Å². The molecule has 1 aliphatic rings. The Morgan fingerprint density at radius 3 is 2.05 bits per heavy atom. The van der Waals surface area contributed by atoms with E-state index in [1.54, 1.807) is 4.90 Å². The van der Waals surface area contributed by atoms with Crippen LogP contribution < -0.4 is 10.6 Å². The Bertz CT molecular complexity index is 1600. The molecule has 3 aromatic carbocycles. The number of carbonyl (C=O) groups is 1. The number of amides is 1. The summed E-state index contributed by atoms with van der Waals surface area (Å²) in [6.07, 6.45) is 2.55. The largest absolute Gasteiger partial charge is 0.383 e. The summed E-state index contributed by atoms with van der Waals surface area (Å²) in [6.45, 7) is 3.88. The van der Waals surface area contributed by atoms with E-state index in [2.05, 4.69) is 36.2 Å². The number of rotatable bonds is 5. The van der Waals surface area contributed by atoms with Gasteiger partial charge in [-0.15, -0.1) is 0 Å². The summed E-state index contributed by atoms with van der Waals surface area (Å²) in [5.74, 6) is -0.0806. The summed E-state index contributed by atoms with van der Waals surface area (Å²) in [7, 11) is 0. The molecule has 39 heavy (non-hydrogen) atoms. The van der Waals surface area contributed by atoms with E-state index >= 15 is 0 Å². The third-order valence-corrected chi connectivity index (χ3v) is 8.13. The first kappa shape index (κ1) is 26.0. The van der Waals surface area contributed by atoms with Crippen molar-refractivity contribution in [2.75, 3.05) is 10.6 Å². The van der Waals surface area contributed by atoms with Gasteiger partial charge in [0.05, 0.1) is 22.2 Å². The molecule has 1 aliphatic heterocycles. The smallest absolute Gasteiger partial charge is 0.244 e. The molecular weight excluding hydrogens is 502 g/mol. The number of nitrogens with zero attached hydrogens (tertiary/aromatic N) is 4. The first-order chi connectivity index (χ1) is 19.0. The van der Waals surface area contributed by atoms with Crippen molar-refractivity contribution < 1.29 is 4.79 Å². The van der Waals surface area contributed by atoms with E-state index in [0.717, 1.165) is 47.3 Å². The molecule has 4 aromatic rings. The second-order valence-corrected chi connectivity index (χ2v) is 10.7. The van der Waals surface area contributed by atoms with Crippen molar-refractivity contribution >= 4 is 34.9 Å². The molecule has 5 rings (SSSR count). The predicted octanol–water partition coefficient (Wildman–Crippen LogP) is 6.58. The number of fused-ring (bicyclic) bond motifs is 2. The van der Waals surface area contributed by atoms with Crippen molar-refractivity contribution in [2.45, 2.75) is 43.4 Å². The number of nitrogen functional groups attached to an aromatic ring is 1. The van der Waals surface area contributed by atoms with Crippen LogP contribution >= 0.6 is 11.8 Å². The molecule has 0 spiro atoms. The van der Waals surface area contributed by atoms with Gasteiger partial charge in [-0.2, -0.15) is 10.5 Å². The van der Waals surface area contributed by atoms with Gasteiger partial charge in [-0.05, 0) is 60.6 Å². The van der Waals surface area contributed by atoms with Gasteiger partial charge < -0.3 is 5.73 Å². The summed E-state index contributed by atoms with van der Waals surface area (Å²) in [5.41, 5.74) is 12.9. The first-order valence-corrected chi connectivity index (χ1v) is 13.7. The van der Waals surface area contributed by atoms with Crippen LogP contribution in [0.1, 0.15) is 41.7 Å². The summed E-state index contributed by atoms with van der Waals surface area (Å²) in [6, 6.07) is 28.0. The number of nitriles is 2. The number of thioether (sulfide) groups is 1. The minimum absolute atomic E-state index is 0.0404. The van der Waals surface area contributed by atoms with Crippen molar-refractivity contribution in [3.8, 4) is 23.3 Å². The van der Waals surface area contributed by atoms with Gasteiger partial charge >= 0.3 is 0 Å². The molecule has 0 bridgehead atoms. The van der Waals surface area contributed by atoms with Crippen molar-refractivity contribution in [1.82, 2.24) is 4.98 Å². The normalized spacial score (nSPS) is 12.9. The Morgan fingerprint density at radius 2 is 1.51 bits per heavy atom. The molecule has 2 heterocycles. The fourth-order valence-corrected chi connectivity index (χ4v) is 5.95. The monoisotopic (exact) mass is 529 g/mol. The predicted molar refractivity (Wildman–Crippen MR) is 156 cm³/mol. The summed E-state index contributed by atoms with van der Waals surface area (Å²) in [5, 5.41) is 19.8. The Hall–Kier alpha value is -4.59. The van der Waals surface area contributed by atoms with Crippen LogP contribution in [0.15, 0.2) is 77.8 Å². The highest BCUT2D eigenvalue weighted by Crippen LogP contribution is 2.40. The van der Waals surface area contributed by atoms with Crippen LogP contribution in [0.2, 0.25) is 0 Å². The lowest BCUT2D eigenvalue weighted by molar-refractivity contribution is -0.117. The molecule has 2 N–H and O–H groups in total. The molecule has 0 aliphatic carbocycles. The summed E-state index contributed by atoms with van der Waals surface area (Å²) in [4.78, 5) is 20.3. The number of nitrogens with two attached hydrogens (primary N) is 1. The number of benzene rings is 3. The van der Waals surface area contributed by atoms with E-state index in [0.29, 0.717) is 16.2 Å². The number of para-hydroxylation sites is 2. The molecule has 0 saturated carbocycles. The Kier molecular flexibility index (Phi) is 7.36. The highest BCUT2D eigenvalue weighted by Gasteiger charge is 2.31. The minimum Gasteiger partial charge on any atom is -0.383 e. The Balaban J connectivity index is 1.57. The lowest BCUT2D eigenvalue weighted by Gasteiger charge is -2.27. The van der Waals surface area contributed by atoms with E-state index in [1.807, 2.05) is 67.6 Å². The summed E-state index contributed by atoms with van der Waals surface area (Å²) >= 11 is 1.19. The van der Waals surface area contributed by atoms with Gasteiger partial charge in [0.25, 0.3) is 0 Å². The topological polar surface area (TPSA) is 107 Å². The lowest BCUT2D eigenvalue weighted by atomic mass is 9.96. The van der Waals surface area contributed by atoms with Crippen molar-refractivity contribution in [1.29, 1.82) is 10.5 Å². The van der Waals surface area contributed by atoms with Gasteiger partial charge in [-0.1, -0.05) is 79.3 Å². The SMILES string of the molecule is CCc1ccc(-c2c(C#N)c(N)nc(SC(C)C(=O)N3c4ccccc4CCc4ccccc43)c2C#N)cc1. The van der Waals surface area contributed by atoms with Crippen LogP contribution in [0.3, 0.4) is 0 Å². The van der Waals surface area contributed by atoms with Crippen molar-refractivity contribution in [3.63, 3.8) is 0 Å². The summed E-state index contributed by atoms with van der Waals surface area (Å²) < 4.78 is 0. The molecule has 1 atom stereocenters. The molecule has 1 aromatic heterocycles. The van der Waals surface area contributed by atoms with Crippen LogP contribution in [0.5, 0.6) is 0 Å². The molecule has 0 saturated heterocycles. The maximum absolute atomic E-state index is 14.1. The molecule has 6 nitrogen and oxygen atoms in total. The standard InChI is InChI=1S/C32H27N5OS/c1-3-21-12-14-24(15-13-21)29-25(18-33)30(35)36-31(26(29)19-34)39-20(2)32(38)37-27-10-6-4-8-22(27)16-17-23-9-5-7-11-28(23)37/h4-15,20H,3,16-17H2,1-2H3,(H2,35,36). The molecule has 7 heteroatoms. The zero-order valence-electron chi connectivity index (χ0n) is 21.8. The fourth-order valence-electron chi connectivity index (χ4n) is 5.00. The zero-order chi connectivity index (χ0) is 27.5. The molecule has 0 fully saturated rings. The average molecular weight is 530 g/mol. The van der Waals surface area contributed by atoms with Gasteiger partial charge in [0.2, 0.25) is 5.91 Å². The second-order valence-electron chi connectivity index (χ2n) is 9.39. The second kappa shape index (κ2) is 11.0. The van der Waals surface area contributed by atoms with Crippen LogP contribution in [0.4, 0.5) is 17.2 Å². The van der Waals surface area contributed by atoms with E-state index in [4.69, 9.17) is 5.73 Å². The van der Waals surface area contributed by atoms with Gasteiger partial charge in [0.1, 0.15) is 28.5 Å². The number of hydrogen-bond donors (Lipinski definition) is 1. The number of aromatic nitrogens is 1. The quantitative estimate of drug-likeness (QED) is 0.293. The van der Waals surface area contributed by atoms with Crippen LogP contribution in [-0.2, 0) is 24.1 Å². The molecule has 1 unspecified atom stereocenters. The zero-order valence-corrected chi connectivity index (χ0v) is 22.6. The number of carbonyl (C=O) groups excluding carboxylic acids is 1. The third kappa shape index (κ3) is 4.85. The fraction of sp³-hybridized carbons (Fsp3) is 0.188. The Labute approximate surface area is 232 Å². The van der Waals surface area contributed by atoms with E-state index in [-0.39, 0.29) is 22.9 Å². The minimum atomic E-state index is -0.591. The maximum atomic E-state index is 14.1. The molecule has 0 radical (unpaired) electrons. The number of anilines is 3. The highest BCUT2D eigenvalue weighted by atomic mass is 32.2. The highest BCUT2D eigenvalue weighted by molar-refractivity contribution is 8.00. The molecular formula is C32H27N5OS. The van der Waals surface area contributed by atoms with Crippen LogP contribution in [0.25, 0.3) is 11.1 Å². The Morgan fingerprint density at radius 1 is 0.949 bits per heavy atom. The van der Waals surface area contributed by atoms with Crippen molar-refractivity contribution in [3.05, 3.63) is 101 Å². The van der Waals surface area contributed by atoms with E-state index in [9.17, 15) is 15.3 Å². The van der Waals surface area contributed by atoms with E-state index < -0.39 is 5.25 Å². The number of aryl methyl sites for hydroxylation is 3. The lowest BCUT2D eigenvalue weighted by Crippen LogP contribution is -2.33. The molecule has 1 amide bonds. The van der Waals surface area contributed by atoms with Gasteiger partial charge in [0.15, 0.2) is 0 Å². The average Bonchev–Trinajstić information content (AvgIpc) is 3.13. The van der Waals surface area contributed by atoms with E-state index in [1.165, 1.54) is 11.8 Å². The van der Waals surface area contributed by atoms with Gasteiger partial charge in [-0.25, -0.2) is 4.98 Å². The van der Waals surface area contributed by atoms with Crippen LogP contribution in [-0.4, -0.2) is 16.1 Å². The number of pyridine rings is 1. The van der Waals surface area contributed by atoms with Gasteiger partial charge in [0, 0.05) is 5.56 Å². The third-order valence-electron chi connectivity index (χ3n) is 7.05.